The Balaban J connectivity index is 1.98. The van der Waals surface area contributed by atoms with Crippen molar-refractivity contribution in [2.45, 2.75) is 33.7 Å². The number of carbonyl (C=O) groups excluding carboxylic acids is 2. The summed E-state index contributed by atoms with van der Waals surface area (Å²) in [7, 11) is 0. The van der Waals surface area contributed by atoms with Crippen molar-refractivity contribution in [3.8, 4) is 5.69 Å². The van der Waals surface area contributed by atoms with E-state index < -0.39 is 0 Å². The summed E-state index contributed by atoms with van der Waals surface area (Å²) in [5.41, 5.74) is 4.38. The first-order valence-electron chi connectivity index (χ1n) is 7.90. The molecule has 0 spiro atoms. The van der Waals surface area contributed by atoms with Gasteiger partial charge in [0.1, 0.15) is 0 Å². The van der Waals surface area contributed by atoms with Crippen LogP contribution in [0.4, 0.5) is 4.79 Å². The number of aryl methyl sites for hydroxylation is 2. The van der Waals surface area contributed by atoms with Gasteiger partial charge in [-0.25, -0.2) is 0 Å². The number of amides is 2. The zero-order valence-electron chi connectivity index (χ0n) is 14.2. The Kier molecular flexibility index (Phi) is 4.37. The molecule has 1 aliphatic rings. The van der Waals surface area contributed by atoms with Gasteiger partial charge < -0.3 is 4.57 Å². The van der Waals surface area contributed by atoms with E-state index in [2.05, 4.69) is 32.0 Å². The standard InChI is InChI=1S/C19H20N2O2S/c1-12(2)21-18(22)17(24-19(21)23)11-15-6-5-9-20(15)16-8-7-13(3)14(4)10-16/h5-12H,1-4H3/b17-11+. The van der Waals surface area contributed by atoms with Crippen LogP contribution in [0.1, 0.15) is 30.7 Å². The monoisotopic (exact) mass is 340 g/mol. The molecule has 1 aromatic carbocycles. The lowest BCUT2D eigenvalue weighted by molar-refractivity contribution is -0.123. The van der Waals surface area contributed by atoms with Crippen molar-refractivity contribution in [3.05, 3.63) is 58.3 Å². The number of rotatable bonds is 3. The van der Waals surface area contributed by atoms with Crippen LogP contribution in [0.15, 0.2) is 41.4 Å². The highest BCUT2D eigenvalue weighted by atomic mass is 32.2. The quantitative estimate of drug-likeness (QED) is 0.771. The maximum atomic E-state index is 12.4. The van der Waals surface area contributed by atoms with E-state index in [-0.39, 0.29) is 17.2 Å². The molecule has 0 bridgehead atoms. The van der Waals surface area contributed by atoms with Crippen LogP contribution in [0, 0.1) is 13.8 Å². The molecule has 0 saturated carbocycles. The second kappa shape index (κ2) is 6.32. The Morgan fingerprint density at radius 3 is 2.46 bits per heavy atom. The summed E-state index contributed by atoms with van der Waals surface area (Å²) in [4.78, 5) is 26.2. The molecule has 0 N–H and O–H groups in total. The molecule has 2 heterocycles. The number of aromatic nitrogens is 1. The molecule has 0 atom stereocenters. The van der Waals surface area contributed by atoms with Gasteiger partial charge in [-0.3, -0.25) is 14.5 Å². The molecule has 2 aromatic rings. The molecule has 3 rings (SSSR count). The van der Waals surface area contributed by atoms with Crippen molar-refractivity contribution in [2.24, 2.45) is 0 Å². The fourth-order valence-corrected chi connectivity index (χ4v) is 3.63. The summed E-state index contributed by atoms with van der Waals surface area (Å²) in [6.07, 6.45) is 3.76. The molecule has 1 aromatic heterocycles. The predicted octanol–water partition coefficient (Wildman–Crippen LogP) is 4.54. The van der Waals surface area contributed by atoms with Crippen molar-refractivity contribution < 1.29 is 9.59 Å². The summed E-state index contributed by atoms with van der Waals surface area (Å²) in [6.45, 7) is 7.85. The van der Waals surface area contributed by atoms with E-state index in [0.29, 0.717) is 4.91 Å². The number of hydrogen-bond acceptors (Lipinski definition) is 3. The first kappa shape index (κ1) is 16.6. The zero-order chi connectivity index (χ0) is 17.4. The highest BCUT2D eigenvalue weighted by Crippen LogP contribution is 2.33. The Hall–Kier alpha value is -2.27. The van der Waals surface area contributed by atoms with Crippen molar-refractivity contribution in [3.63, 3.8) is 0 Å². The van der Waals surface area contributed by atoms with Gasteiger partial charge in [-0.1, -0.05) is 6.07 Å². The number of benzene rings is 1. The smallest absolute Gasteiger partial charge is 0.293 e. The second-order valence-corrected chi connectivity index (χ2v) is 7.21. The predicted molar refractivity (Wildman–Crippen MR) is 98.2 cm³/mol. The van der Waals surface area contributed by atoms with Gasteiger partial charge in [0, 0.05) is 23.6 Å². The Bertz CT molecular complexity index is 849. The third-order valence-electron chi connectivity index (χ3n) is 4.17. The number of hydrogen-bond donors (Lipinski definition) is 0. The van der Waals surface area contributed by atoms with Gasteiger partial charge in [-0.15, -0.1) is 0 Å². The topological polar surface area (TPSA) is 42.3 Å². The molecular formula is C19H20N2O2S. The lowest BCUT2D eigenvalue weighted by Crippen LogP contribution is -2.34. The van der Waals surface area contributed by atoms with Crippen LogP contribution in [-0.2, 0) is 4.79 Å². The molecule has 0 radical (unpaired) electrons. The molecule has 2 amide bonds. The molecule has 124 valence electrons. The number of imide groups is 1. The molecule has 5 heteroatoms. The minimum atomic E-state index is -0.215. The maximum Gasteiger partial charge on any atom is 0.293 e. The van der Waals surface area contributed by atoms with E-state index in [1.165, 1.54) is 16.0 Å². The Labute approximate surface area is 146 Å². The average molecular weight is 340 g/mol. The lowest BCUT2D eigenvalue weighted by Gasteiger charge is -2.16. The average Bonchev–Trinajstić information content (AvgIpc) is 3.07. The van der Waals surface area contributed by atoms with Gasteiger partial charge in [-0.2, -0.15) is 0 Å². The van der Waals surface area contributed by atoms with Crippen LogP contribution in [0.3, 0.4) is 0 Å². The summed E-state index contributed by atoms with van der Waals surface area (Å²) in [6, 6.07) is 10.0. The van der Waals surface area contributed by atoms with E-state index in [9.17, 15) is 9.59 Å². The summed E-state index contributed by atoms with van der Waals surface area (Å²) in [5, 5.41) is -0.203. The van der Waals surface area contributed by atoms with E-state index in [0.717, 1.165) is 23.1 Å². The second-order valence-electron chi connectivity index (χ2n) is 6.22. The van der Waals surface area contributed by atoms with E-state index >= 15 is 0 Å². The molecule has 0 aliphatic carbocycles. The fourth-order valence-electron chi connectivity index (χ4n) is 2.68. The first-order chi connectivity index (χ1) is 11.4. The Morgan fingerprint density at radius 2 is 1.83 bits per heavy atom. The van der Waals surface area contributed by atoms with Gasteiger partial charge in [0.25, 0.3) is 11.1 Å². The van der Waals surface area contributed by atoms with Gasteiger partial charge >= 0.3 is 0 Å². The van der Waals surface area contributed by atoms with E-state index in [1.54, 1.807) is 6.08 Å². The van der Waals surface area contributed by atoms with Crippen LogP contribution in [-0.4, -0.2) is 26.7 Å². The largest absolute Gasteiger partial charge is 0.317 e. The van der Waals surface area contributed by atoms with E-state index in [4.69, 9.17) is 0 Å². The van der Waals surface area contributed by atoms with Crippen molar-refractivity contribution in [1.82, 2.24) is 9.47 Å². The molecule has 24 heavy (non-hydrogen) atoms. The van der Waals surface area contributed by atoms with Crippen molar-refractivity contribution >= 4 is 29.0 Å². The van der Waals surface area contributed by atoms with Gasteiger partial charge in [0.2, 0.25) is 0 Å². The van der Waals surface area contributed by atoms with Crippen molar-refractivity contribution in [2.75, 3.05) is 0 Å². The van der Waals surface area contributed by atoms with Gasteiger partial charge in [0.05, 0.1) is 4.91 Å². The first-order valence-corrected chi connectivity index (χ1v) is 8.72. The van der Waals surface area contributed by atoms with Crippen LogP contribution in [0.2, 0.25) is 0 Å². The summed E-state index contributed by atoms with van der Waals surface area (Å²) >= 11 is 1.00. The molecule has 4 nitrogen and oxygen atoms in total. The third kappa shape index (κ3) is 2.91. The number of nitrogens with zero attached hydrogens (tertiary/aromatic N) is 2. The van der Waals surface area contributed by atoms with Crippen molar-refractivity contribution in [1.29, 1.82) is 0 Å². The van der Waals surface area contributed by atoms with Crippen LogP contribution in [0.25, 0.3) is 11.8 Å². The summed E-state index contributed by atoms with van der Waals surface area (Å²) in [5.74, 6) is -0.215. The normalized spacial score (nSPS) is 16.7. The molecule has 1 aliphatic heterocycles. The highest BCUT2D eigenvalue weighted by molar-refractivity contribution is 8.18. The number of thioether (sulfide) groups is 1. The Morgan fingerprint density at radius 1 is 1.08 bits per heavy atom. The fraction of sp³-hybridized carbons (Fsp3) is 0.263. The van der Waals surface area contributed by atoms with Crippen LogP contribution >= 0.6 is 11.8 Å². The van der Waals surface area contributed by atoms with Crippen LogP contribution in [0.5, 0.6) is 0 Å². The zero-order valence-corrected chi connectivity index (χ0v) is 15.1. The molecule has 1 saturated heterocycles. The molecule has 1 fully saturated rings. The highest BCUT2D eigenvalue weighted by Gasteiger charge is 2.36. The number of carbonyl (C=O) groups is 2. The minimum Gasteiger partial charge on any atom is -0.317 e. The SMILES string of the molecule is Cc1ccc(-n2cccc2/C=C2/SC(=O)N(C(C)C)C2=O)cc1C. The van der Waals surface area contributed by atoms with Gasteiger partial charge in [-0.05, 0) is 80.9 Å². The molecular weight excluding hydrogens is 320 g/mol. The third-order valence-corrected chi connectivity index (χ3v) is 5.05. The summed E-state index contributed by atoms with van der Waals surface area (Å²) < 4.78 is 2.02. The maximum absolute atomic E-state index is 12.4. The lowest BCUT2D eigenvalue weighted by atomic mass is 10.1. The van der Waals surface area contributed by atoms with E-state index in [1.807, 2.05) is 36.7 Å². The molecule has 0 unspecified atom stereocenters. The minimum absolute atomic E-state index is 0.130. The van der Waals surface area contributed by atoms with Crippen LogP contribution < -0.4 is 0 Å². The van der Waals surface area contributed by atoms with Gasteiger partial charge in [0.15, 0.2) is 0 Å².